The minimum atomic E-state index is -4.64. The molecule has 0 aromatic carbocycles. The van der Waals surface area contributed by atoms with Gasteiger partial charge in [-0.25, -0.2) is 0 Å². The van der Waals surface area contributed by atoms with Crippen molar-refractivity contribution >= 4 is 11.6 Å². The maximum absolute atomic E-state index is 12.8. The Morgan fingerprint density at radius 3 is 2.62 bits per heavy atom. The summed E-state index contributed by atoms with van der Waals surface area (Å²) in [6.45, 7) is 4.75. The molecule has 0 fully saturated rings. The third kappa shape index (κ3) is 3.06. The van der Waals surface area contributed by atoms with Crippen molar-refractivity contribution in [2.75, 3.05) is 5.32 Å². The maximum atomic E-state index is 12.8. The molecule has 1 unspecified atom stereocenters. The maximum Gasteiger partial charge on any atom is 0.437 e. The van der Waals surface area contributed by atoms with Gasteiger partial charge in [0, 0.05) is 6.20 Å². The van der Waals surface area contributed by atoms with E-state index in [1.165, 1.54) is 11.6 Å². The van der Waals surface area contributed by atoms with E-state index in [4.69, 9.17) is 0 Å². The fourth-order valence-corrected chi connectivity index (χ4v) is 1.78. The van der Waals surface area contributed by atoms with Crippen molar-refractivity contribution in [3.63, 3.8) is 0 Å². The predicted octanol–water partition coefficient (Wildman–Crippen LogP) is 2.44. The van der Waals surface area contributed by atoms with Gasteiger partial charge >= 0.3 is 6.18 Å². The molecule has 0 aliphatic carbocycles. The number of halogens is 3. The first-order chi connectivity index (χ1) is 9.70. The van der Waals surface area contributed by atoms with Crippen LogP contribution >= 0.6 is 0 Å². The fourth-order valence-electron chi connectivity index (χ4n) is 1.78. The van der Waals surface area contributed by atoms with E-state index in [0.717, 1.165) is 5.56 Å². The van der Waals surface area contributed by atoms with Gasteiger partial charge in [-0.1, -0.05) is 0 Å². The Kier molecular flexibility index (Phi) is 3.75. The number of amides is 1. The summed E-state index contributed by atoms with van der Waals surface area (Å²) in [6.07, 6.45) is -1.44. The Balaban J connectivity index is 2.22. The van der Waals surface area contributed by atoms with Crippen LogP contribution in [0.25, 0.3) is 0 Å². The molecule has 0 saturated heterocycles. The van der Waals surface area contributed by atoms with Crippen LogP contribution in [0.1, 0.15) is 29.9 Å². The number of aromatic nitrogens is 4. The Hall–Kier alpha value is -2.32. The number of carbonyl (C=O) groups excluding carboxylic acids is 1. The SMILES string of the molecule is Cc1cnn(C(C)C(=O)Nc2c(C(F)(F)F)n[nH]c2C)c1. The summed E-state index contributed by atoms with van der Waals surface area (Å²) in [5, 5.41) is 11.6. The van der Waals surface area contributed by atoms with E-state index in [0.29, 0.717) is 0 Å². The molecule has 6 nitrogen and oxygen atoms in total. The van der Waals surface area contributed by atoms with E-state index < -0.39 is 23.8 Å². The number of nitrogens with one attached hydrogen (secondary N) is 2. The van der Waals surface area contributed by atoms with Crippen LogP contribution in [0.2, 0.25) is 0 Å². The summed E-state index contributed by atoms with van der Waals surface area (Å²) < 4.78 is 39.7. The molecule has 1 atom stereocenters. The topological polar surface area (TPSA) is 75.6 Å². The highest BCUT2D eigenvalue weighted by atomic mass is 19.4. The van der Waals surface area contributed by atoms with Gasteiger partial charge < -0.3 is 5.32 Å². The van der Waals surface area contributed by atoms with Crippen LogP contribution in [-0.2, 0) is 11.0 Å². The van der Waals surface area contributed by atoms with Crippen LogP contribution in [0.3, 0.4) is 0 Å². The molecule has 0 radical (unpaired) electrons. The molecular weight excluding hydrogens is 287 g/mol. The standard InChI is InChI=1S/C12H14F3N5O/c1-6-4-16-20(5-6)8(3)11(21)17-9-7(2)18-19-10(9)12(13,14)15/h4-5,8H,1-3H3,(H,17,21)(H,18,19). The Bertz CT molecular complexity index is 658. The Labute approximate surface area is 118 Å². The fraction of sp³-hybridized carbons (Fsp3) is 0.417. The normalized spacial score (nSPS) is 13.2. The number of anilines is 1. The van der Waals surface area contributed by atoms with Gasteiger partial charge in [0.25, 0.3) is 0 Å². The molecule has 0 aliphatic rings. The summed E-state index contributed by atoms with van der Waals surface area (Å²) in [5.74, 6) is -0.604. The smallest absolute Gasteiger partial charge is 0.321 e. The molecule has 0 spiro atoms. The molecule has 1 amide bonds. The molecule has 2 rings (SSSR count). The van der Waals surface area contributed by atoms with Gasteiger partial charge in [0.05, 0.1) is 17.6 Å². The number of hydrogen-bond acceptors (Lipinski definition) is 3. The first kappa shape index (κ1) is 15.1. The lowest BCUT2D eigenvalue weighted by Gasteiger charge is -2.14. The van der Waals surface area contributed by atoms with Crippen molar-refractivity contribution in [1.29, 1.82) is 0 Å². The van der Waals surface area contributed by atoms with Crippen LogP contribution in [0, 0.1) is 13.8 Å². The minimum Gasteiger partial charge on any atom is -0.321 e. The van der Waals surface area contributed by atoms with Crippen molar-refractivity contribution in [2.24, 2.45) is 0 Å². The van der Waals surface area contributed by atoms with Crippen LogP contribution in [0.4, 0.5) is 18.9 Å². The first-order valence-corrected chi connectivity index (χ1v) is 6.14. The van der Waals surface area contributed by atoms with Gasteiger partial charge in [0.2, 0.25) is 5.91 Å². The highest BCUT2D eigenvalue weighted by Crippen LogP contribution is 2.34. The van der Waals surface area contributed by atoms with Gasteiger partial charge in [0.15, 0.2) is 5.69 Å². The number of hydrogen-bond donors (Lipinski definition) is 2. The summed E-state index contributed by atoms with van der Waals surface area (Å²) in [7, 11) is 0. The molecule has 21 heavy (non-hydrogen) atoms. The summed E-state index contributed by atoms with van der Waals surface area (Å²) in [4.78, 5) is 12.1. The zero-order valence-electron chi connectivity index (χ0n) is 11.6. The second-order valence-electron chi connectivity index (χ2n) is 4.73. The highest BCUT2D eigenvalue weighted by molar-refractivity contribution is 5.94. The second kappa shape index (κ2) is 5.23. The number of carbonyl (C=O) groups is 1. The molecule has 2 aromatic rings. The number of alkyl halides is 3. The molecule has 2 N–H and O–H groups in total. The second-order valence-corrected chi connectivity index (χ2v) is 4.73. The quantitative estimate of drug-likeness (QED) is 0.914. The summed E-state index contributed by atoms with van der Waals surface area (Å²) in [5.41, 5.74) is -0.509. The van der Waals surface area contributed by atoms with Crippen LogP contribution in [0.15, 0.2) is 12.4 Å². The summed E-state index contributed by atoms with van der Waals surface area (Å²) in [6, 6.07) is -0.742. The predicted molar refractivity (Wildman–Crippen MR) is 68.6 cm³/mol. The van der Waals surface area contributed by atoms with Gasteiger partial charge in [-0.3, -0.25) is 14.6 Å². The molecule has 9 heteroatoms. The number of H-pyrrole nitrogens is 1. The first-order valence-electron chi connectivity index (χ1n) is 6.14. The molecule has 0 aliphatic heterocycles. The molecule has 0 saturated carbocycles. The lowest BCUT2D eigenvalue weighted by Crippen LogP contribution is -2.25. The molecule has 114 valence electrons. The Morgan fingerprint density at radius 2 is 2.10 bits per heavy atom. The minimum absolute atomic E-state index is 0.138. The average molecular weight is 301 g/mol. The molecular formula is C12H14F3N5O. The summed E-state index contributed by atoms with van der Waals surface area (Å²) >= 11 is 0. The average Bonchev–Trinajstić information content (AvgIpc) is 2.95. The Morgan fingerprint density at radius 1 is 1.43 bits per heavy atom. The number of aromatic amines is 1. The van der Waals surface area contributed by atoms with Gasteiger partial charge in [-0.05, 0) is 26.3 Å². The van der Waals surface area contributed by atoms with Crippen LogP contribution in [0.5, 0.6) is 0 Å². The molecule has 2 aromatic heterocycles. The van der Waals surface area contributed by atoms with Crippen molar-refractivity contribution < 1.29 is 18.0 Å². The molecule has 0 bridgehead atoms. The van der Waals surface area contributed by atoms with E-state index in [2.05, 4.69) is 20.6 Å². The number of aryl methyl sites for hydroxylation is 2. The number of rotatable bonds is 3. The lowest BCUT2D eigenvalue weighted by molar-refractivity contribution is -0.140. The van der Waals surface area contributed by atoms with Crippen molar-refractivity contribution in [3.8, 4) is 0 Å². The zero-order chi connectivity index (χ0) is 15.8. The van der Waals surface area contributed by atoms with E-state index in [1.807, 2.05) is 0 Å². The lowest BCUT2D eigenvalue weighted by atomic mass is 10.2. The largest absolute Gasteiger partial charge is 0.437 e. The number of nitrogens with zero attached hydrogens (tertiary/aromatic N) is 3. The third-order valence-electron chi connectivity index (χ3n) is 2.97. The van der Waals surface area contributed by atoms with Crippen molar-refractivity contribution in [3.05, 3.63) is 29.3 Å². The van der Waals surface area contributed by atoms with Gasteiger partial charge in [-0.15, -0.1) is 0 Å². The highest BCUT2D eigenvalue weighted by Gasteiger charge is 2.38. The van der Waals surface area contributed by atoms with Crippen LogP contribution in [-0.4, -0.2) is 25.9 Å². The van der Waals surface area contributed by atoms with Gasteiger partial charge in [-0.2, -0.15) is 23.4 Å². The third-order valence-corrected chi connectivity index (χ3v) is 2.97. The van der Waals surface area contributed by atoms with Crippen molar-refractivity contribution in [2.45, 2.75) is 33.0 Å². The van der Waals surface area contributed by atoms with E-state index in [9.17, 15) is 18.0 Å². The van der Waals surface area contributed by atoms with E-state index in [-0.39, 0.29) is 11.4 Å². The monoisotopic (exact) mass is 301 g/mol. The van der Waals surface area contributed by atoms with Crippen molar-refractivity contribution in [1.82, 2.24) is 20.0 Å². The van der Waals surface area contributed by atoms with E-state index in [1.54, 1.807) is 26.2 Å². The van der Waals surface area contributed by atoms with Gasteiger partial charge in [0.1, 0.15) is 6.04 Å². The van der Waals surface area contributed by atoms with Crippen LogP contribution < -0.4 is 5.32 Å². The zero-order valence-corrected chi connectivity index (χ0v) is 11.6. The molecule has 2 heterocycles. The van der Waals surface area contributed by atoms with E-state index >= 15 is 0 Å².